The topological polar surface area (TPSA) is 109 Å². The van der Waals surface area contributed by atoms with Crippen molar-refractivity contribution < 1.29 is 4.79 Å². The molecule has 1 aliphatic rings. The van der Waals surface area contributed by atoms with Gasteiger partial charge in [0.2, 0.25) is 5.95 Å². The van der Waals surface area contributed by atoms with Crippen LogP contribution in [-0.4, -0.2) is 38.2 Å². The Hall–Kier alpha value is -3.46. The summed E-state index contributed by atoms with van der Waals surface area (Å²) < 4.78 is 1.85. The highest BCUT2D eigenvalue weighted by molar-refractivity contribution is 5.99. The van der Waals surface area contributed by atoms with Crippen LogP contribution in [-0.2, 0) is 13.0 Å². The number of fused-ring (bicyclic) bond motifs is 1. The maximum absolute atomic E-state index is 12.7. The summed E-state index contributed by atoms with van der Waals surface area (Å²) >= 11 is 0. The molecule has 168 valence electrons. The maximum atomic E-state index is 12.7. The summed E-state index contributed by atoms with van der Waals surface area (Å²) in [6.07, 6.45) is 6.15. The first-order valence-corrected chi connectivity index (χ1v) is 11.0. The Morgan fingerprint density at radius 2 is 1.94 bits per heavy atom. The van der Waals surface area contributed by atoms with Gasteiger partial charge in [0.15, 0.2) is 0 Å². The van der Waals surface area contributed by atoms with Crippen molar-refractivity contribution in [3.05, 3.63) is 53.5 Å². The molecule has 9 heteroatoms. The lowest BCUT2D eigenvalue weighted by molar-refractivity contribution is 0.0943. The van der Waals surface area contributed by atoms with Crippen molar-refractivity contribution in [2.24, 2.45) is 0 Å². The number of nitrogens with zero attached hydrogens (tertiary/aromatic N) is 4. The number of amides is 1. The fourth-order valence-electron chi connectivity index (χ4n) is 3.55. The number of nitrogens with one attached hydrogen (secondary N) is 4. The molecule has 1 aromatic carbocycles. The average molecular weight is 435 g/mol. The van der Waals surface area contributed by atoms with Gasteiger partial charge in [-0.25, -0.2) is 4.98 Å². The van der Waals surface area contributed by atoms with Crippen LogP contribution < -0.4 is 21.3 Å². The Morgan fingerprint density at radius 3 is 2.69 bits per heavy atom. The summed E-state index contributed by atoms with van der Waals surface area (Å²) in [4.78, 5) is 21.7. The highest BCUT2D eigenvalue weighted by atomic mass is 16.1. The van der Waals surface area contributed by atoms with Gasteiger partial charge in [-0.3, -0.25) is 9.48 Å². The molecule has 0 fully saturated rings. The molecule has 1 aliphatic heterocycles. The zero-order valence-electron chi connectivity index (χ0n) is 18.9. The monoisotopic (exact) mass is 434 g/mol. The molecule has 3 heterocycles. The van der Waals surface area contributed by atoms with Crippen molar-refractivity contribution >= 4 is 29.0 Å². The van der Waals surface area contributed by atoms with Gasteiger partial charge in [0.05, 0.1) is 11.9 Å². The molecule has 0 bridgehead atoms. The fraction of sp³-hybridized carbons (Fsp3) is 0.391. The van der Waals surface area contributed by atoms with Gasteiger partial charge < -0.3 is 21.3 Å². The van der Waals surface area contributed by atoms with E-state index in [1.54, 1.807) is 12.4 Å². The van der Waals surface area contributed by atoms with Crippen LogP contribution in [0.15, 0.2) is 36.8 Å². The molecule has 1 amide bonds. The lowest BCUT2D eigenvalue weighted by atomic mass is 10.0. The van der Waals surface area contributed by atoms with Crippen molar-refractivity contribution in [1.29, 1.82) is 0 Å². The van der Waals surface area contributed by atoms with Crippen LogP contribution in [0.3, 0.4) is 0 Å². The van der Waals surface area contributed by atoms with Crippen molar-refractivity contribution in [3.63, 3.8) is 0 Å². The minimum absolute atomic E-state index is 0.00169. The lowest BCUT2D eigenvalue weighted by Crippen LogP contribution is -2.31. The standard InChI is InChI=1S/C23H30N8O/c1-14(2)27-22(32)20-12-25-23(29-18-6-5-17-10-24-8-7-16(17)9-18)30-21(20)28-19-11-26-31(13-19)15(3)4/h5-6,9,11-15,24H,7-8,10H2,1-4H3,(H,27,32)(H2,25,28,29,30). The maximum Gasteiger partial charge on any atom is 0.256 e. The van der Waals surface area contributed by atoms with Crippen LogP contribution in [0.4, 0.5) is 23.1 Å². The molecule has 0 unspecified atom stereocenters. The van der Waals surface area contributed by atoms with Gasteiger partial charge in [-0.05, 0) is 63.9 Å². The smallest absolute Gasteiger partial charge is 0.256 e. The van der Waals surface area contributed by atoms with Crippen LogP contribution in [0, 0.1) is 0 Å². The normalized spacial score (nSPS) is 13.2. The van der Waals surface area contributed by atoms with Gasteiger partial charge in [-0.2, -0.15) is 10.1 Å². The minimum atomic E-state index is -0.230. The van der Waals surface area contributed by atoms with Crippen molar-refractivity contribution in [1.82, 2.24) is 30.4 Å². The quantitative estimate of drug-likeness (QED) is 0.450. The van der Waals surface area contributed by atoms with E-state index in [1.807, 2.05) is 30.8 Å². The van der Waals surface area contributed by atoms with Crippen molar-refractivity contribution in [2.45, 2.75) is 52.7 Å². The number of rotatable bonds is 7. The second-order valence-electron chi connectivity index (χ2n) is 8.55. The number of hydrogen-bond donors (Lipinski definition) is 4. The molecule has 9 nitrogen and oxygen atoms in total. The first kappa shape index (κ1) is 21.8. The van der Waals surface area contributed by atoms with Crippen LogP contribution in [0.2, 0.25) is 0 Å². The van der Waals surface area contributed by atoms with Crippen LogP contribution in [0.25, 0.3) is 0 Å². The van der Waals surface area contributed by atoms with E-state index in [4.69, 9.17) is 0 Å². The third-order valence-corrected chi connectivity index (χ3v) is 5.20. The number of anilines is 4. The number of benzene rings is 1. The Balaban J connectivity index is 1.62. The summed E-state index contributed by atoms with van der Waals surface area (Å²) in [5.41, 5.74) is 4.68. The zero-order valence-corrected chi connectivity index (χ0v) is 18.9. The Labute approximate surface area is 188 Å². The van der Waals surface area contributed by atoms with Gasteiger partial charge >= 0.3 is 0 Å². The summed E-state index contributed by atoms with van der Waals surface area (Å²) in [5.74, 6) is 0.608. The molecule has 0 spiro atoms. The first-order valence-electron chi connectivity index (χ1n) is 11.0. The third kappa shape index (κ3) is 5.05. The van der Waals surface area contributed by atoms with Gasteiger partial charge in [0.25, 0.3) is 5.91 Å². The van der Waals surface area contributed by atoms with E-state index < -0.39 is 0 Å². The second-order valence-corrected chi connectivity index (χ2v) is 8.55. The lowest BCUT2D eigenvalue weighted by Gasteiger charge is -2.18. The van der Waals surface area contributed by atoms with Gasteiger partial charge in [-0.15, -0.1) is 0 Å². The summed E-state index contributed by atoms with van der Waals surface area (Å²) in [5, 5.41) is 17.2. The predicted octanol–water partition coefficient (Wildman–Crippen LogP) is 3.53. The molecular formula is C23H30N8O. The van der Waals surface area contributed by atoms with E-state index in [0.29, 0.717) is 17.3 Å². The Morgan fingerprint density at radius 1 is 1.09 bits per heavy atom. The molecule has 0 aliphatic carbocycles. The minimum Gasteiger partial charge on any atom is -0.350 e. The fourth-order valence-corrected chi connectivity index (χ4v) is 3.55. The zero-order chi connectivity index (χ0) is 22.7. The van der Waals surface area contributed by atoms with E-state index >= 15 is 0 Å². The molecule has 0 saturated heterocycles. The van der Waals surface area contributed by atoms with Crippen LogP contribution in [0.5, 0.6) is 0 Å². The Kier molecular flexibility index (Phi) is 6.36. The van der Waals surface area contributed by atoms with Gasteiger partial charge in [0.1, 0.15) is 11.4 Å². The van der Waals surface area contributed by atoms with E-state index in [9.17, 15) is 4.79 Å². The second kappa shape index (κ2) is 9.35. The molecular weight excluding hydrogens is 404 g/mol. The van der Waals surface area contributed by atoms with E-state index in [1.165, 1.54) is 11.1 Å². The van der Waals surface area contributed by atoms with Gasteiger partial charge in [-0.1, -0.05) is 6.07 Å². The largest absolute Gasteiger partial charge is 0.350 e. The van der Waals surface area contributed by atoms with Crippen molar-refractivity contribution in [3.8, 4) is 0 Å². The summed E-state index contributed by atoms with van der Waals surface area (Å²) in [6, 6.07) is 6.51. The highest BCUT2D eigenvalue weighted by Gasteiger charge is 2.17. The first-order chi connectivity index (χ1) is 15.4. The number of hydrogen-bond acceptors (Lipinski definition) is 7. The van der Waals surface area contributed by atoms with E-state index in [0.717, 1.165) is 30.9 Å². The van der Waals surface area contributed by atoms with Crippen LogP contribution >= 0.6 is 0 Å². The average Bonchev–Trinajstić information content (AvgIpc) is 3.22. The summed E-state index contributed by atoms with van der Waals surface area (Å²) in [7, 11) is 0. The predicted molar refractivity (Wildman–Crippen MR) is 126 cm³/mol. The van der Waals surface area contributed by atoms with E-state index in [-0.39, 0.29) is 18.0 Å². The third-order valence-electron chi connectivity index (χ3n) is 5.20. The van der Waals surface area contributed by atoms with Gasteiger partial charge in [0, 0.05) is 36.7 Å². The number of carbonyl (C=O) groups is 1. The SMILES string of the molecule is CC(C)NC(=O)c1cnc(Nc2ccc3c(c2)CCNC3)nc1Nc1cnn(C(C)C)c1. The molecule has 4 rings (SSSR count). The van der Waals surface area contributed by atoms with Crippen LogP contribution in [0.1, 0.15) is 55.2 Å². The molecule has 0 saturated carbocycles. The molecule has 3 aromatic rings. The molecule has 32 heavy (non-hydrogen) atoms. The number of aromatic nitrogens is 4. The van der Waals surface area contributed by atoms with Crippen molar-refractivity contribution in [2.75, 3.05) is 17.2 Å². The molecule has 2 aromatic heterocycles. The molecule has 4 N–H and O–H groups in total. The molecule has 0 radical (unpaired) electrons. The summed E-state index contributed by atoms with van der Waals surface area (Å²) in [6.45, 7) is 9.81. The molecule has 0 atom stereocenters. The Bertz CT molecular complexity index is 1110. The van der Waals surface area contributed by atoms with E-state index in [2.05, 4.69) is 62.3 Å². The highest BCUT2D eigenvalue weighted by Crippen LogP contribution is 2.24. The number of carbonyl (C=O) groups excluding carboxylic acids is 1.